The molecule has 1 aliphatic carbocycles. The summed E-state index contributed by atoms with van der Waals surface area (Å²) in [6, 6.07) is 60.5. The molecule has 50 heavy (non-hydrogen) atoms. The first kappa shape index (κ1) is 34.2. The van der Waals surface area contributed by atoms with Gasteiger partial charge < -0.3 is 0 Å². The molecule has 252 valence electrons. The van der Waals surface area contributed by atoms with Gasteiger partial charge in [0.05, 0.1) is 0 Å². The van der Waals surface area contributed by atoms with Crippen molar-refractivity contribution >= 4 is 35.8 Å². The van der Waals surface area contributed by atoms with Crippen molar-refractivity contribution in [3.63, 3.8) is 0 Å². The highest BCUT2D eigenvalue weighted by Crippen LogP contribution is 2.56. The van der Waals surface area contributed by atoms with Crippen LogP contribution in [0.25, 0.3) is 0 Å². The van der Waals surface area contributed by atoms with Gasteiger partial charge in [-0.25, -0.2) is 9.34 Å². The van der Waals surface area contributed by atoms with E-state index in [0.29, 0.717) is 13.1 Å². The summed E-state index contributed by atoms with van der Waals surface area (Å²) < 4.78 is 37.4. The summed E-state index contributed by atoms with van der Waals surface area (Å²) in [6.07, 6.45) is 3.71. The highest BCUT2D eigenvalue weighted by atomic mass is 31.2. The van der Waals surface area contributed by atoms with Crippen LogP contribution in [-0.4, -0.2) is 21.4 Å². The third kappa shape index (κ3) is 7.00. The Kier molecular flexibility index (Phi) is 10.7. The van der Waals surface area contributed by atoms with Gasteiger partial charge in [-0.1, -0.05) is 146 Å². The molecular weight excluding hydrogens is 650 g/mol. The lowest BCUT2D eigenvalue weighted by molar-refractivity contribution is 0.137. The first-order valence-corrected chi connectivity index (χ1v) is 20.9. The van der Waals surface area contributed by atoms with E-state index in [4.69, 9.17) is 0 Å². The lowest BCUT2D eigenvalue weighted by Gasteiger charge is -2.49. The van der Waals surface area contributed by atoms with Gasteiger partial charge in [-0.15, -0.1) is 0 Å². The van der Waals surface area contributed by atoms with Crippen molar-refractivity contribution in [1.82, 2.24) is 9.34 Å². The molecule has 6 aromatic carbocycles. The quantitative estimate of drug-likeness (QED) is 0.120. The molecule has 0 aliphatic heterocycles. The summed E-state index contributed by atoms with van der Waals surface area (Å²) in [5.74, 6) is 0. The fraction of sp³-hybridized carbons (Fsp3) is 0.182. The van der Waals surface area contributed by atoms with Gasteiger partial charge in [-0.3, -0.25) is 9.13 Å². The van der Waals surface area contributed by atoms with Crippen molar-refractivity contribution in [1.29, 1.82) is 0 Å². The fourth-order valence-electron chi connectivity index (χ4n) is 7.59. The number of nitrogens with zero attached hydrogens (tertiary/aromatic N) is 2. The molecule has 0 heterocycles. The van der Waals surface area contributed by atoms with Crippen LogP contribution in [0.15, 0.2) is 182 Å². The van der Waals surface area contributed by atoms with E-state index < -0.39 is 14.6 Å². The Hall–Kier alpha value is -4.30. The maximum Gasteiger partial charge on any atom is 0.207 e. The highest BCUT2D eigenvalue weighted by molar-refractivity contribution is 7.77. The number of hydrogen-bond acceptors (Lipinski definition) is 2. The van der Waals surface area contributed by atoms with Crippen LogP contribution < -0.4 is 21.2 Å². The minimum atomic E-state index is -3.41. The molecule has 0 bridgehead atoms. The van der Waals surface area contributed by atoms with Gasteiger partial charge in [-0.05, 0) is 72.5 Å². The van der Waals surface area contributed by atoms with Crippen LogP contribution in [0.3, 0.4) is 0 Å². The first-order valence-electron chi connectivity index (χ1n) is 17.6. The summed E-state index contributed by atoms with van der Waals surface area (Å²) in [5.41, 5.74) is 2.21. The lowest BCUT2D eigenvalue weighted by atomic mass is 9.89. The Morgan fingerprint density at radius 3 is 0.880 bits per heavy atom. The van der Waals surface area contributed by atoms with Crippen LogP contribution in [0, 0.1) is 0 Å². The van der Waals surface area contributed by atoms with Crippen molar-refractivity contribution < 1.29 is 9.13 Å². The van der Waals surface area contributed by atoms with Gasteiger partial charge >= 0.3 is 0 Å². The van der Waals surface area contributed by atoms with Crippen molar-refractivity contribution in [2.75, 3.05) is 0 Å². The SMILES string of the molecule is O=P(c1ccccc1)(c1ccccc1)N(Cc1ccccc1)[C@@H]1CCCC[C@H]1N(Cc1ccccc1)P(=O)(c1ccccc1)c1ccccc1. The van der Waals surface area contributed by atoms with Crippen LogP contribution in [-0.2, 0) is 22.2 Å². The third-order valence-electron chi connectivity index (χ3n) is 9.98. The normalized spacial score (nSPS) is 16.8. The number of benzene rings is 6. The van der Waals surface area contributed by atoms with Gasteiger partial charge in [0, 0.05) is 46.4 Å². The van der Waals surface area contributed by atoms with Gasteiger partial charge in [0.2, 0.25) is 14.6 Å². The zero-order valence-corrected chi connectivity index (χ0v) is 30.1. The Morgan fingerprint density at radius 1 is 0.380 bits per heavy atom. The van der Waals surface area contributed by atoms with Crippen LogP contribution in [0.1, 0.15) is 36.8 Å². The molecule has 2 atom stereocenters. The van der Waals surface area contributed by atoms with E-state index in [0.717, 1.165) is 58.0 Å². The molecule has 1 aliphatic rings. The maximum atomic E-state index is 16.4. The van der Waals surface area contributed by atoms with Gasteiger partial charge in [0.25, 0.3) is 0 Å². The Bertz CT molecular complexity index is 1790. The second kappa shape index (κ2) is 15.7. The van der Waals surface area contributed by atoms with Crippen LogP contribution in [0.2, 0.25) is 0 Å². The first-order chi connectivity index (χ1) is 24.6. The molecule has 1 fully saturated rings. The molecule has 0 aromatic heterocycles. The molecule has 0 spiro atoms. The van der Waals surface area contributed by atoms with E-state index in [1.54, 1.807) is 0 Å². The van der Waals surface area contributed by atoms with Crippen molar-refractivity contribution in [3.05, 3.63) is 193 Å². The van der Waals surface area contributed by atoms with Crippen molar-refractivity contribution in [2.24, 2.45) is 0 Å². The highest BCUT2D eigenvalue weighted by Gasteiger charge is 2.48. The van der Waals surface area contributed by atoms with Gasteiger partial charge in [0.1, 0.15) is 0 Å². The second-order valence-corrected chi connectivity index (χ2v) is 18.5. The second-order valence-electron chi connectivity index (χ2n) is 13.1. The predicted molar refractivity (Wildman–Crippen MR) is 210 cm³/mol. The van der Waals surface area contributed by atoms with E-state index in [2.05, 4.69) is 57.9 Å². The predicted octanol–water partition coefficient (Wildman–Crippen LogP) is 9.16. The standard InChI is InChI=1S/C44H44N2O2P2/c47-49(39-25-11-3-12-26-39,40-27-13-4-14-28-40)45(35-37-21-7-1-8-22-37)43-33-19-20-34-44(43)46(36-38-23-9-2-10-24-38)50(48,41-29-15-5-16-30-41)42-31-17-6-18-32-42/h1-18,21-32,43-44H,19-20,33-36H2/t43-,44-/m1/s1. The zero-order valence-electron chi connectivity index (χ0n) is 28.3. The Balaban J connectivity index is 1.46. The van der Waals surface area contributed by atoms with Crippen LogP contribution in [0.4, 0.5) is 0 Å². The van der Waals surface area contributed by atoms with E-state index in [1.165, 1.54) is 0 Å². The molecule has 1 saturated carbocycles. The molecular formula is C44H44N2O2P2. The average Bonchev–Trinajstić information content (AvgIpc) is 3.20. The van der Waals surface area contributed by atoms with E-state index in [1.807, 2.05) is 133 Å². The average molecular weight is 695 g/mol. The molecule has 6 heteroatoms. The van der Waals surface area contributed by atoms with E-state index in [-0.39, 0.29) is 12.1 Å². The number of rotatable bonds is 12. The zero-order chi connectivity index (χ0) is 34.2. The maximum absolute atomic E-state index is 16.4. The topological polar surface area (TPSA) is 40.6 Å². The van der Waals surface area contributed by atoms with Gasteiger partial charge in [-0.2, -0.15) is 0 Å². The van der Waals surface area contributed by atoms with E-state index in [9.17, 15) is 0 Å². The molecule has 6 aromatic rings. The molecule has 0 radical (unpaired) electrons. The lowest BCUT2D eigenvalue weighted by Crippen LogP contribution is -2.54. The summed E-state index contributed by atoms with van der Waals surface area (Å²) in [4.78, 5) is 0. The monoisotopic (exact) mass is 694 g/mol. The Labute approximate surface area is 297 Å². The van der Waals surface area contributed by atoms with Crippen LogP contribution >= 0.6 is 14.6 Å². The molecule has 0 amide bonds. The third-order valence-corrected chi connectivity index (χ3v) is 16.3. The summed E-state index contributed by atoms with van der Waals surface area (Å²) >= 11 is 0. The van der Waals surface area contributed by atoms with Crippen molar-refractivity contribution in [3.8, 4) is 0 Å². The minimum Gasteiger partial charge on any atom is -0.296 e. The molecule has 7 rings (SSSR count). The summed E-state index contributed by atoms with van der Waals surface area (Å²) in [5, 5.41) is 3.26. The fourth-order valence-corrected chi connectivity index (χ4v) is 13.8. The molecule has 4 nitrogen and oxygen atoms in total. The summed E-state index contributed by atoms with van der Waals surface area (Å²) in [7, 11) is -6.81. The number of hydrogen-bond donors (Lipinski definition) is 0. The Morgan fingerprint density at radius 2 is 0.620 bits per heavy atom. The summed E-state index contributed by atoms with van der Waals surface area (Å²) in [6.45, 7) is 1.01. The smallest absolute Gasteiger partial charge is 0.207 e. The molecule has 0 unspecified atom stereocenters. The largest absolute Gasteiger partial charge is 0.296 e. The van der Waals surface area contributed by atoms with Gasteiger partial charge in [0.15, 0.2) is 0 Å². The van der Waals surface area contributed by atoms with Crippen molar-refractivity contribution in [2.45, 2.75) is 50.9 Å². The molecule has 0 N–H and O–H groups in total. The van der Waals surface area contributed by atoms with E-state index >= 15 is 9.13 Å². The minimum absolute atomic E-state index is 0.153. The van der Waals surface area contributed by atoms with Crippen LogP contribution in [0.5, 0.6) is 0 Å². The molecule has 0 saturated heterocycles.